The number of hydrogen-bond acceptors (Lipinski definition) is 9. The van der Waals surface area contributed by atoms with Crippen LogP contribution in [0.15, 0.2) is 12.3 Å². The van der Waals surface area contributed by atoms with Gasteiger partial charge in [-0.1, -0.05) is 32.6 Å². The Morgan fingerprint density at radius 1 is 1.06 bits per heavy atom. The van der Waals surface area contributed by atoms with Crippen molar-refractivity contribution in [2.75, 3.05) is 29.6 Å². The first-order valence-electron chi connectivity index (χ1n) is 12.1. The molecule has 1 aliphatic carbocycles. The zero-order chi connectivity index (χ0) is 23.0. The molecule has 180 valence electrons. The van der Waals surface area contributed by atoms with E-state index in [0.29, 0.717) is 35.6 Å². The van der Waals surface area contributed by atoms with E-state index in [9.17, 15) is 4.39 Å². The van der Waals surface area contributed by atoms with E-state index in [1.807, 2.05) is 0 Å². The van der Waals surface area contributed by atoms with Gasteiger partial charge in [-0.3, -0.25) is 0 Å². The normalized spacial score (nSPS) is 20.2. The number of nitrogens with one attached hydrogen (secondary N) is 4. The fourth-order valence-corrected chi connectivity index (χ4v) is 4.65. The standard InChI is InChI=1S/C23H35FN8O/c1-3-18(19-11-8-12-25-19)29-23-31-21(27-15-9-6-4-5-7-10-15)30-22(32-23)28-16-13-17(24)20(33-2)26-14-16/h13-15,18-19,25H,3-12H2,1-2H3,(H3,27,28,29,30,31,32). The topological polar surface area (TPSA) is 109 Å². The van der Waals surface area contributed by atoms with Crippen molar-refractivity contribution in [1.82, 2.24) is 25.3 Å². The first-order valence-corrected chi connectivity index (χ1v) is 12.1. The average Bonchev–Trinajstić information content (AvgIpc) is 3.22. The molecule has 0 amide bonds. The minimum absolute atomic E-state index is 0.0517. The Labute approximate surface area is 194 Å². The van der Waals surface area contributed by atoms with Gasteiger partial charge in [0.15, 0.2) is 5.82 Å². The predicted octanol–water partition coefficient (Wildman–Crippen LogP) is 4.24. The van der Waals surface area contributed by atoms with Crippen LogP contribution in [-0.2, 0) is 0 Å². The van der Waals surface area contributed by atoms with E-state index in [-0.39, 0.29) is 11.9 Å². The van der Waals surface area contributed by atoms with Gasteiger partial charge in [-0.25, -0.2) is 9.37 Å². The second kappa shape index (κ2) is 11.4. The number of rotatable bonds is 9. The fourth-order valence-electron chi connectivity index (χ4n) is 4.65. The van der Waals surface area contributed by atoms with Gasteiger partial charge in [0.1, 0.15) is 0 Å². The molecule has 9 nitrogen and oxygen atoms in total. The van der Waals surface area contributed by atoms with Crippen molar-refractivity contribution in [1.29, 1.82) is 0 Å². The molecule has 2 unspecified atom stereocenters. The van der Waals surface area contributed by atoms with Crippen molar-refractivity contribution in [2.45, 2.75) is 82.8 Å². The Kier molecular flexibility index (Phi) is 8.09. The largest absolute Gasteiger partial charge is 0.479 e. The van der Waals surface area contributed by atoms with E-state index < -0.39 is 5.82 Å². The molecule has 2 aromatic heterocycles. The van der Waals surface area contributed by atoms with Crippen molar-refractivity contribution in [3.63, 3.8) is 0 Å². The Hall–Kier alpha value is -2.75. The second-order valence-corrected chi connectivity index (χ2v) is 8.84. The number of halogens is 1. The van der Waals surface area contributed by atoms with Gasteiger partial charge in [0, 0.05) is 24.2 Å². The Bertz CT molecular complexity index is 900. The van der Waals surface area contributed by atoms with Crippen molar-refractivity contribution in [3.05, 3.63) is 18.1 Å². The zero-order valence-electron chi connectivity index (χ0n) is 19.5. The van der Waals surface area contributed by atoms with Crippen LogP contribution in [0.2, 0.25) is 0 Å². The minimum atomic E-state index is -0.551. The number of methoxy groups -OCH3 is 1. The highest BCUT2D eigenvalue weighted by Gasteiger charge is 2.24. The molecule has 2 aromatic rings. The molecule has 4 N–H and O–H groups in total. The molecule has 0 spiro atoms. The predicted molar refractivity (Wildman–Crippen MR) is 128 cm³/mol. The molecule has 2 aliphatic rings. The molecule has 0 radical (unpaired) electrons. The quantitative estimate of drug-likeness (QED) is 0.410. The van der Waals surface area contributed by atoms with Gasteiger partial charge in [-0.15, -0.1) is 0 Å². The van der Waals surface area contributed by atoms with E-state index in [1.165, 1.54) is 51.5 Å². The summed E-state index contributed by atoms with van der Waals surface area (Å²) < 4.78 is 19.0. The molecule has 33 heavy (non-hydrogen) atoms. The van der Waals surface area contributed by atoms with E-state index in [0.717, 1.165) is 32.2 Å². The van der Waals surface area contributed by atoms with Crippen LogP contribution in [-0.4, -0.2) is 51.7 Å². The maximum absolute atomic E-state index is 14.1. The summed E-state index contributed by atoms with van der Waals surface area (Å²) in [4.78, 5) is 17.8. The summed E-state index contributed by atoms with van der Waals surface area (Å²) in [6.07, 6.45) is 11.9. The molecular weight excluding hydrogens is 423 g/mol. The lowest BCUT2D eigenvalue weighted by Crippen LogP contribution is -2.40. The lowest BCUT2D eigenvalue weighted by molar-refractivity contribution is 0.369. The maximum Gasteiger partial charge on any atom is 0.250 e. The molecule has 0 bridgehead atoms. The number of pyridine rings is 1. The van der Waals surface area contributed by atoms with Crippen LogP contribution in [0.25, 0.3) is 0 Å². The molecule has 2 atom stereocenters. The molecular formula is C23H35FN8O. The first kappa shape index (κ1) is 23.4. The Morgan fingerprint density at radius 2 is 1.82 bits per heavy atom. The van der Waals surface area contributed by atoms with Crippen molar-refractivity contribution >= 4 is 23.5 Å². The second-order valence-electron chi connectivity index (χ2n) is 8.84. The summed E-state index contributed by atoms with van der Waals surface area (Å²) in [6.45, 7) is 3.20. The molecule has 1 saturated carbocycles. The first-order chi connectivity index (χ1) is 16.1. The molecule has 1 aliphatic heterocycles. The van der Waals surface area contributed by atoms with E-state index in [4.69, 9.17) is 4.74 Å². The summed E-state index contributed by atoms with van der Waals surface area (Å²) in [7, 11) is 1.39. The highest BCUT2D eigenvalue weighted by atomic mass is 19.1. The number of nitrogens with zero attached hydrogens (tertiary/aromatic N) is 4. The molecule has 2 fully saturated rings. The lowest BCUT2D eigenvalue weighted by Gasteiger charge is -2.24. The van der Waals surface area contributed by atoms with E-state index in [1.54, 1.807) is 0 Å². The van der Waals surface area contributed by atoms with Crippen LogP contribution in [0.4, 0.5) is 27.9 Å². The van der Waals surface area contributed by atoms with E-state index in [2.05, 4.69) is 48.1 Å². The third-order valence-corrected chi connectivity index (χ3v) is 6.42. The van der Waals surface area contributed by atoms with Crippen LogP contribution in [0.3, 0.4) is 0 Å². The SMILES string of the molecule is CCC(Nc1nc(Nc2cnc(OC)c(F)c2)nc(NC2CCCCCC2)n1)C1CCCN1. The number of hydrogen-bond donors (Lipinski definition) is 4. The summed E-state index contributed by atoms with van der Waals surface area (Å²) in [6, 6.07) is 2.27. The molecule has 1 saturated heterocycles. The van der Waals surface area contributed by atoms with Gasteiger partial charge in [0.05, 0.1) is 19.0 Å². The zero-order valence-corrected chi connectivity index (χ0v) is 19.5. The van der Waals surface area contributed by atoms with Crippen molar-refractivity contribution in [2.24, 2.45) is 0 Å². The van der Waals surface area contributed by atoms with Crippen molar-refractivity contribution in [3.8, 4) is 5.88 Å². The number of anilines is 4. The third-order valence-electron chi connectivity index (χ3n) is 6.42. The minimum Gasteiger partial charge on any atom is -0.479 e. The maximum atomic E-state index is 14.1. The molecule has 4 rings (SSSR count). The highest BCUT2D eigenvalue weighted by Crippen LogP contribution is 2.24. The Morgan fingerprint density at radius 3 is 2.48 bits per heavy atom. The summed E-state index contributed by atoms with van der Waals surface area (Å²) >= 11 is 0. The van der Waals surface area contributed by atoms with Crippen LogP contribution >= 0.6 is 0 Å². The van der Waals surface area contributed by atoms with E-state index >= 15 is 0 Å². The van der Waals surface area contributed by atoms with Gasteiger partial charge in [-0.05, 0) is 38.6 Å². The number of ether oxygens (including phenoxy) is 1. The number of aromatic nitrogens is 4. The van der Waals surface area contributed by atoms with Gasteiger partial charge < -0.3 is 26.0 Å². The van der Waals surface area contributed by atoms with Gasteiger partial charge in [0.25, 0.3) is 0 Å². The van der Waals surface area contributed by atoms with Crippen LogP contribution in [0.5, 0.6) is 5.88 Å². The Balaban J connectivity index is 1.56. The van der Waals surface area contributed by atoms with Gasteiger partial charge in [0.2, 0.25) is 23.7 Å². The summed E-state index contributed by atoms with van der Waals surface area (Å²) in [5.74, 6) is 0.766. The van der Waals surface area contributed by atoms with Crippen LogP contribution in [0.1, 0.15) is 64.7 Å². The summed E-state index contributed by atoms with van der Waals surface area (Å²) in [5, 5.41) is 13.6. The van der Waals surface area contributed by atoms with Gasteiger partial charge >= 0.3 is 0 Å². The lowest BCUT2D eigenvalue weighted by atomic mass is 10.0. The average molecular weight is 459 g/mol. The molecule has 0 aromatic carbocycles. The monoisotopic (exact) mass is 458 g/mol. The van der Waals surface area contributed by atoms with Crippen molar-refractivity contribution < 1.29 is 9.13 Å². The fraction of sp³-hybridized carbons (Fsp3) is 0.652. The molecule has 3 heterocycles. The van der Waals surface area contributed by atoms with Crippen LogP contribution < -0.4 is 26.0 Å². The molecule has 10 heteroatoms. The van der Waals surface area contributed by atoms with Crippen LogP contribution in [0, 0.1) is 5.82 Å². The summed E-state index contributed by atoms with van der Waals surface area (Å²) in [5.41, 5.74) is 0.440. The highest BCUT2D eigenvalue weighted by molar-refractivity contribution is 5.55. The van der Waals surface area contributed by atoms with Gasteiger partial charge in [-0.2, -0.15) is 15.0 Å². The smallest absolute Gasteiger partial charge is 0.250 e. The third kappa shape index (κ3) is 6.40.